The summed E-state index contributed by atoms with van der Waals surface area (Å²) in [5, 5.41) is 0. The number of rotatable bonds is 5. The fraction of sp³-hybridized carbons (Fsp3) is 0.733. The summed E-state index contributed by atoms with van der Waals surface area (Å²) in [7, 11) is 0. The van der Waals surface area contributed by atoms with E-state index in [2.05, 4.69) is 0 Å². The summed E-state index contributed by atoms with van der Waals surface area (Å²) in [5.74, 6) is 0. The first kappa shape index (κ1) is 16.7. The van der Waals surface area contributed by atoms with Crippen LogP contribution in [0, 0.1) is 0 Å². The van der Waals surface area contributed by atoms with E-state index >= 15 is 0 Å². The van der Waals surface area contributed by atoms with Crippen molar-refractivity contribution in [1.82, 2.24) is 0 Å². The van der Waals surface area contributed by atoms with E-state index in [0.717, 1.165) is 12.7 Å². The van der Waals surface area contributed by atoms with Crippen molar-refractivity contribution in [1.29, 1.82) is 0 Å². The summed E-state index contributed by atoms with van der Waals surface area (Å²) in [6.45, 7) is 7.36. The Kier molecular flexibility index (Phi) is 6.20. The van der Waals surface area contributed by atoms with Gasteiger partial charge in [-0.3, -0.25) is 0 Å². The molecule has 114 valence electrons. The standard InChI is InChI=1S/C15H24O5/c1-5-6-7-8-12-13(9-11(10-16)18-12)19-14(17)20-15(2,3)4/h6-7,10-13H,5,8-9H2,1-4H3/b7-6+/t11-,12+,13-/m1/s1. The average Bonchev–Trinajstić information content (AvgIpc) is 2.69. The van der Waals surface area contributed by atoms with E-state index in [4.69, 9.17) is 14.2 Å². The van der Waals surface area contributed by atoms with Gasteiger partial charge in [0.1, 0.15) is 24.1 Å². The highest BCUT2D eigenvalue weighted by atomic mass is 16.7. The van der Waals surface area contributed by atoms with Crippen LogP contribution in [0.5, 0.6) is 0 Å². The van der Waals surface area contributed by atoms with Gasteiger partial charge < -0.3 is 19.0 Å². The second-order valence-electron chi connectivity index (χ2n) is 5.82. The number of allylic oxidation sites excluding steroid dienone is 1. The Morgan fingerprint density at radius 1 is 1.35 bits per heavy atom. The molecule has 1 heterocycles. The number of hydrogen-bond donors (Lipinski definition) is 0. The minimum atomic E-state index is -0.720. The molecule has 1 fully saturated rings. The van der Waals surface area contributed by atoms with Gasteiger partial charge in [0.15, 0.2) is 0 Å². The third-order valence-corrected chi connectivity index (χ3v) is 2.79. The first-order chi connectivity index (χ1) is 9.35. The molecule has 0 spiro atoms. The molecule has 3 atom stereocenters. The Morgan fingerprint density at radius 3 is 2.60 bits per heavy atom. The molecular weight excluding hydrogens is 260 g/mol. The molecule has 0 radical (unpaired) electrons. The molecule has 0 aromatic heterocycles. The van der Waals surface area contributed by atoms with Gasteiger partial charge in [-0.05, 0) is 33.6 Å². The summed E-state index contributed by atoms with van der Waals surface area (Å²) in [6.07, 6.45) is 4.70. The Hall–Kier alpha value is -1.36. The van der Waals surface area contributed by atoms with Crippen LogP contribution in [-0.4, -0.2) is 36.4 Å². The van der Waals surface area contributed by atoms with Crippen LogP contribution in [0.2, 0.25) is 0 Å². The summed E-state index contributed by atoms with van der Waals surface area (Å²) in [6, 6.07) is 0. The predicted molar refractivity (Wildman–Crippen MR) is 74.5 cm³/mol. The van der Waals surface area contributed by atoms with Crippen LogP contribution in [0.1, 0.15) is 47.0 Å². The molecule has 0 aromatic carbocycles. The van der Waals surface area contributed by atoms with Crippen LogP contribution in [0.3, 0.4) is 0 Å². The zero-order valence-electron chi connectivity index (χ0n) is 12.6. The molecule has 5 nitrogen and oxygen atoms in total. The van der Waals surface area contributed by atoms with Crippen LogP contribution in [-0.2, 0) is 19.0 Å². The van der Waals surface area contributed by atoms with Crippen molar-refractivity contribution < 1.29 is 23.8 Å². The van der Waals surface area contributed by atoms with Crippen LogP contribution in [0.4, 0.5) is 4.79 Å². The molecule has 0 aromatic rings. The van der Waals surface area contributed by atoms with Crippen molar-refractivity contribution in [3.05, 3.63) is 12.2 Å². The van der Waals surface area contributed by atoms with Crippen molar-refractivity contribution in [2.45, 2.75) is 70.9 Å². The van der Waals surface area contributed by atoms with Crippen molar-refractivity contribution in [3.63, 3.8) is 0 Å². The molecular formula is C15H24O5. The molecule has 0 saturated carbocycles. The zero-order chi connectivity index (χ0) is 15.2. The van der Waals surface area contributed by atoms with Crippen molar-refractivity contribution in [2.75, 3.05) is 0 Å². The van der Waals surface area contributed by atoms with Crippen LogP contribution in [0.15, 0.2) is 12.2 Å². The van der Waals surface area contributed by atoms with E-state index in [-0.39, 0.29) is 6.10 Å². The maximum atomic E-state index is 11.7. The van der Waals surface area contributed by atoms with Gasteiger partial charge in [-0.15, -0.1) is 0 Å². The molecule has 1 rings (SSSR count). The number of ether oxygens (including phenoxy) is 3. The van der Waals surface area contributed by atoms with E-state index in [1.54, 1.807) is 20.8 Å². The summed E-state index contributed by atoms with van der Waals surface area (Å²) < 4.78 is 16.0. The quantitative estimate of drug-likeness (QED) is 0.441. The minimum absolute atomic E-state index is 0.291. The normalized spacial score (nSPS) is 26.7. The van der Waals surface area contributed by atoms with E-state index in [1.165, 1.54) is 0 Å². The largest absolute Gasteiger partial charge is 0.509 e. The fourth-order valence-electron chi connectivity index (χ4n) is 1.96. The molecule has 1 aliphatic heterocycles. The van der Waals surface area contributed by atoms with E-state index in [1.807, 2.05) is 19.1 Å². The molecule has 1 saturated heterocycles. The lowest BCUT2D eigenvalue weighted by Crippen LogP contribution is -2.31. The monoisotopic (exact) mass is 284 g/mol. The Bertz CT molecular complexity index is 356. The molecule has 0 amide bonds. The van der Waals surface area contributed by atoms with Gasteiger partial charge in [0.05, 0.1) is 6.10 Å². The zero-order valence-corrected chi connectivity index (χ0v) is 12.6. The third-order valence-electron chi connectivity index (χ3n) is 2.79. The summed E-state index contributed by atoms with van der Waals surface area (Å²) in [4.78, 5) is 22.5. The second-order valence-corrected chi connectivity index (χ2v) is 5.82. The minimum Gasteiger partial charge on any atom is -0.429 e. The molecule has 0 N–H and O–H groups in total. The van der Waals surface area contributed by atoms with Gasteiger partial charge in [-0.25, -0.2) is 4.79 Å². The topological polar surface area (TPSA) is 61.8 Å². The summed E-state index contributed by atoms with van der Waals surface area (Å²) in [5.41, 5.74) is -0.599. The lowest BCUT2D eigenvalue weighted by molar-refractivity contribution is -0.117. The van der Waals surface area contributed by atoms with Crippen molar-refractivity contribution in [2.24, 2.45) is 0 Å². The van der Waals surface area contributed by atoms with Crippen LogP contribution < -0.4 is 0 Å². The highest BCUT2D eigenvalue weighted by Crippen LogP contribution is 2.26. The van der Waals surface area contributed by atoms with Crippen molar-refractivity contribution >= 4 is 12.4 Å². The van der Waals surface area contributed by atoms with E-state index in [0.29, 0.717) is 12.8 Å². The SMILES string of the molecule is CC/C=C/C[C@@H]1O[C@@H](C=O)C[C@H]1OC(=O)OC(C)(C)C. The number of aldehydes is 1. The maximum absolute atomic E-state index is 11.7. The number of carbonyl (C=O) groups excluding carboxylic acids is 2. The van der Waals surface area contributed by atoms with Gasteiger partial charge in [0.25, 0.3) is 0 Å². The van der Waals surface area contributed by atoms with Crippen LogP contribution in [0.25, 0.3) is 0 Å². The lowest BCUT2D eigenvalue weighted by atomic mass is 10.1. The first-order valence-corrected chi connectivity index (χ1v) is 7.01. The molecule has 5 heteroatoms. The van der Waals surface area contributed by atoms with Gasteiger partial charge in [-0.1, -0.05) is 19.1 Å². The Labute approximate surface area is 120 Å². The molecule has 0 unspecified atom stereocenters. The van der Waals surface area contributed by atoms with Gasteiger partial charge in [0, 0.05) is 6.42 Å². The highest BCUT2D eigenvalue weighted by Gasteiger charge is 2.38. The van der Waals surface area contributed by atoms with E-state index in [9.17, 15) is 9.59 Å². The lowest BCUT2D eigenvalue weighted by Gasteiger charge is -2.22. The third kappa shape index (κ3) is 5.74. The Morgan fingerprint density at radius 2 is 2.05 bits per heavy atom. The average molecular weight is 284 g/mol. The van der Waals surface area contributed by atoms with E-state index < -0.39 is 24.0 Å². The first-order valence-electron chi connectivity index (χ1n) is 7.01. The maximum Gasteiger partial charge on any atom is 0.509 e. The van der Waals surface area contributed by atoms with Gasteiger partial charge in [0.2, 0.25) is 0 Å². The van der Waals surface area contributed by atoms with Crippen LogP contribution >= 0.6 is 0 Å². The fourth-order valence-corrected chi connectivity index (χ4v) is 1.96. The van der Waals surface area contributed by atoms with Crippen molar-refractivity contribution in [3.8, 4) is 0 Å². The molecule has 1 aliphatic rings. The predicted octanol–water partition coefficient (Wildman–Crippen LogP) is 3.02. The highest BCUT2D eigenvalue weighted by molar-refractivity contribution is 5.61. The Balaban J connectivity index is 2.57. The smallest absolute Gasteiger partial charge is 0.429 e. The molecule has 0 bridgehead atoms. The molecule has 20 heavy (non-hydrogen) atoms. The second kappa shape index (κ2) is 7.43. The van der Waals surface area contributed by atoms with Gasteiger partial charge in [-0.2, -0.15) is 0 Å². The molecule has 0 aliphatic carbocycles. The number of hydrogen-bond acceptors (Lipinski definition) is 5. The van der Waals surface area contributed by atoms with Gasteiger partial charge >= 0.3 is 6.16 Å². The summed E-state index contributed by atoms with van der Waals surface area (Å²) >= 11 is 0. The number of carbonyl (C=O) groups is 2.